The lowest BCUT2D eigenvalue weighted by atomic mass is 10.1. The van der Waals surface area contributed by atoms with Crippen LogP contribution < -0.4 is 10.2 Å². The number of nitrogens with one attached hydrogen (secondary N) is 1. The van der Waals surface area contributed by atoms with Gasteiger partial charge in [0.15, 0.2) is 6.61 Å². The van der Waals surface area contributed by atoms with Crippen LogP contribution >= 0.6 is 11.6 Å². The molecule has 0 bridgehead atoms. The third-order valence-electron chi connectivity index (χ3n) is 3.75. The van der Waals surface area contributed by atoms with E-state index >= 15 is 0 Å². The third-order valence-corrected chi connectivity index (χ3v) is 4.17. The number of hydrogen-bond acceptors (Lipinski definition) is 3. The van der Waals surface area contributed by atoms with E-state index in [0.717, 1.165) is 24.1 Å². The maximum Gasteiger partial charge on any atom is 0.277 e. The number of fused-ring (bicyclic) bond motifs is 1. The van der Waals surface area contributed by atoms with Crippen molar-refractivity contribution < 1.29 is 9.53 Å². The molecule has 0 aromatic heterocycles. The van der Waals surface area contributed by atoms with E-state index in [9.17, 15) is 4.79 Å². The van der Waals surface area contributed by atoms with Crippen molar-refractivity contribution >= 4 is 23.2 Å². The first kappa shape index (κ1) is 15.6. The molecule has 23 heavy (non-hydrogen) atoms. The van der Waals surface area contributed by atoms with Crippen molar-refractivity contribution in [3.8, 4) is 5.75 Å². The zero-order valence-electron chi connectivity index (χ0n) is 12.8. The average Bonchev–Trinajstić information content (AvgIpc) is 2.97. The second-order valence-corrected chi connectivity index (χ2v) is 5.94. The van der Waals surface area contributed by atoms with Crippen LogP contribution in [-0.4, -0.2) is 18.2 Å². The highest BCUT2D eigenvalue weighted by molar-refractivity contribution is 6.31. The molecule has 0 radical (unpaired) electrons. The predicted molar refractivity (Wildman–Crippen MR) is 91.1 cm³/mol. The number of aryl methyl sites for hydroxylation is 1. The monoisotopic (exact) mass is 328 g/mol. The molecule has 0 spiro atoms. The number of rotatable bonds is 4. The Morgan fingerprint density at radius 1 is 1.22 bits per heavy atom. The molecule has 2 aromatic carbocycles. The topological polar surface area (TPSA) is 50.7 Å². The van der Waals surface area contributed by atoms with E-state index in [0.29, 0.717) is 10.8 Å². The molecule has 118 valence electrons. The van der Waals surface area contributed by atoms with Gasteiger partial charge in [-0.3, -0.25) is 4.79 Å². The first-order chi connectivity index (χ1) is 11.1. The molecule has 1 aliphatic rings. The first-order valence-corrected chi connectivity index (χ1v) is 7.79. The van der Waals surface area contributed by atoms with Crippen molar-refractivity contribution in [3.05, 3.63) is 64.2 Å². The average molecular weight is 329 g/mol. The maximum atomic E-state index is 11.8. The summed E-state index contributed by atoms with van der Waals surface area (Å²) < 4.78 is 5.44. The fourth-order valence-electron chi connectivity index (χ4n) is 2.51. The van der Waals surface area contributed by atoms with Gasteiger partial charge in [0.2, 0.25) is 0 Å². The molecule has 0 fully saturated rings. The molecule has 1 amide bonds. The van der Waals surface area contributed by atoms with Crippen LogP contribution in [0.4, 0.5) is 0 Å². The van der Waals surface area contributed by atoms with Gasteiger partial charge in [0.25, 0.3) is 5.91 Å². The summed E-state index contributed by atoms with van der Waals surface area (Å²) in [5, 5.41) is 4.87. The maximum absolute atomic E-state index is 11.8. The van der Waals surface area contributed by atoms with Crippen molar-refractivity contribution in [1.29, 1.82) is 0 Å². The number of ether oxygens (including phenoxy) is 1. The van der Waals surface area contributed by atoms with Crippen molar-refractivity contribution in [2.24, 2.45) is 5.10 Å². The molecule has 1 aliphatic carbocycles. The Bertz CT molecular complexity index is 744. The zero-order valence-corrected chi connectivity index (χ0v) is 13.6. The molecule has 2 aromatic rings. The Labute approximate surface area is 140 Å². The van der Waals surface area contributed by atoms with Crippen LogP contribution in [0.2, 0.25) is 5.02 Å². The van der Waals surface area contributed by atoms with Crippen LogP contribution in [0.25, 0.3) is 0 Å². The molecule has 3 rings (SSSR count). The number of amides is 1. The lowest BCUT2D eigenvalue weighted by Gasteiger charge is -2.07. The fraction of sp³-hybridized carbons (Fsp3) is 0.222. The van der Waals surface area contributed by atoms with Crippen molar-refractivity contribution in [2.75, 3.05) is 6.61 Å². The van der Waals surface area contributed by atoms with Gasteiger partial charge < -0.3 is 4.74 Å². The quantitative estimate of drug-likeness (QED) is 0.875. The largest absolute Gasteiger partial charge is 0.484 e. The second kappa shape index (κ2) is 6.84. The highest BCUT2D eigenvalue weighted by Gasteiger charge is 2.16. The van der Waals surface area contributed by atoms with E-state index in [1.807, 2.05) is 19.1 Å². The molecule has 1 N–H and O–H groups in total. The minimum Gasteiger partial charge on any atom is -0.484 e. The summed E-state index contributed by atoms with van der Waals surface area (Å²) in [5.41, 5.74) is 6.97. The van der Waals surface area contributed by atoms with Gasteiger partial charge in [-0.25, -0.2) is 5.43 Å². The van der Waals surface area contributed by atoms with Gasteiger partial charge in [-0.2, -0.15) is 5.10 Å². The molecular formula is C18H17ClN2O2. The van der Waals surface area contributed by atoms with Gasteiger partial charge in [0.1, 0.15) is 5.75 Å². The molecule has 0 unspecified atom stereocenters. The van der Waals surface area contributed by atoms with E-state index in [2.05, 4.69) is 22.7 Å². The molecule has 4 nitrogen and oxygen atoms in total. The normalized spacial score (nSPS) is 12.7. The van der Waals surface area contributed by atoms with Crippen molar-refractivity contribution in [3.63, 3.8) is 0 Å². The predicted octanol–water partition coefficient (Wildman–Crippen LogP) is 3.30. The molecule has 0 heterocycles. The number of nitrogens with zero attached hydrogens (tertiary/aromatic N) is 1. The summed E-state index contributed by atoms with van der Waals surface area (Å²) in [6, 6.07) is 13.5. The highest BCUT2D eigenvalue weighted by atomic mass is 35.5. The molecule has 5 heteroatoms. The fourth-order valence-corrected chi connectivity index (χ4v) is 2.63. The highest BCUT2D eigenvalue weighted by Crippen LogP contribution is 2.21. The SMILES string of the molecule is Cc1cc(OCC(=O)NN=C2Cc3ccccc3C2)ccc1Cl. The van der Waals surface area contributed by atoms with Gasteiger partial charge in [0.05, 0.1) is 0 Å². The van der Waals surface area contributed by atoms with Crippen LogP contribution in [-0.2, 0) is 17.6 Å². The summed E-state index contributed by atoms with van der Waals surface area (Å²) >= 11 is 5.95. The number of halogens is 1. The van der Waals surface area contributed by atoms with E-state index < -0.39 is 0 Å². The van der Waals surface area contributed by atoms with E-state index in [1.54, 1.807) is 18.2 Å². The third kappa shape index (κ3) is 3.90. The molecular weight excluding hydrogens is 312 g/mol. The lowest BCUT2D eigenvalue weighted by molar-refractivity contribution is -0.123. The molecule has 0 atom stereocenters. The zero-order chi connectivity index (χ0) is 16.2. The van der Waals surface area contributed by atoms with E-state index in [4.69, 9.17) is 16.3 Å². The van der Waals surface area contributed by atoms with Crippen molar-refractivity contribution in [1.82, 2.24) is 5.43 Å². The van der Waals surface area contributed by atoms with E-state index in [-0.39, 0.29) is 12.5 Å². The van der Waals surface area contributed by atoms with Gasteiger partial charge in [-0.1, -0.05) is 35.9 Å². The Kier molecular flexibility index (Phi) is 4.63. The Morgan fingerprint density at radius 2 is 1.91 bits per heavy atom. The Balaban J connectivity index is 1.50. The lowest BCUT2D eigenvalue weighted by Crippen LogP contribution is -2.26. The van der Waals surface area contributed by atoms with Crippen molar-refractivity contribution in [2.45, 2.75) is 19.8 Å². The second-order valence-electron chi connectivity index (χ2n) is 5.53. The minimum absolute atomic E-state index is 0.0786. The van der Waals surface area contributed by atoms with Gasteiger partial charge >= 0.3 is 0 Å². The van der Waals surface area contributed by atoms with Crippen LogP contribution in [0, 0.1) is 6.92 Å². The molecule has 0 saturated heterocycles. The summed E-state index contributed by atoms with van der Waals surface area (Å²) in [4.78, 5) is 11.8. The standard InChI is InChI=1S/C18H17ClN2O2/c1-12-8-16(6-7-17(12)19)23-11-18(22)21-20-15-9-13-4-2-3-5-14(13)10-15/h2-8H,9-11H2,1H3,(H,21,22). The summed E-state index contributed by atoms with van der Waals surface area (Å²) in [6.45, 7) is 1.81. The minimum atomic E-state index is -0.277. The smallest absolute Gasteiger partial charge is 0.277 e. The number of benzene rings is 2. The van der Waals surface area contributed by atoms with E-state index in [1.165, 1.54) is 11.1 Å². The Morgan fingerprint density at radius 3 is 2.57 bits per heavy atom. The number of carbonyl (C=O) groups excluding carboxylic acids is 1. The van der Waals surface area contributed by atoms with Crippen LogP contribution in [0.15, 0.2) is 47.6 Å². The summed E-state index contributed by atoms with van der Waals surface area (Å²) in [7, 11) is 0. The van der Waals surface area contributed by atoms with Gasteiger partial charge in [0, 0.05) is 23.6 Å². The number of hydrazone groups is 1. The number of hydrogen-bond donors (Lipinski definition) is 1. The number of carbonyl (C=O) groups is 1. The first-order valence-electron chi connectivity index (χ1n) is 7.42. The van der Waals surface area contributed by atoms with Gasteiger partial charge in [-0.05, 0) is 41.8 Å². The van der Waals surface area contributed by atoms with Crippen LogP contribution in [0.1, 0.15) is 16.7 Å². The molecule has 0 saturated carbocycles. The summed E-state index contributed by atoms with van der Waals surface area (Å²) in [6.07, 6.45) is 1.57. The van der Waals surface area contributed by atoms with Crippen LogP contribution in [0.5, 0.6) is 5.75 Å². The molecule has 0 aliphatic heterocycles. The Hall–Kier alpha value is -2.33. The van der Waals surface area contributed by atoms with Gasteiger partial charge in [-0.15, -0.1) is 0 Å². The van der Waals surface area contributed by atoms with Crippen LogP contribution in [0.3, 0.4) is 0 Å². The summed E-state index contributed by atoms with van der Waals surface area (Å²) in [5.74, 6) is 0.337.